The van der Waals surface area contributed by atoms with E-state index in [0.29, 0.717) is 6.07 Å². The van der Waals surface area contributed by atoms with E-state index in [1.54, 1.807) is 0 Å². The minimum atomic E-state index is -4.83. The Bertz CT molecular complexity index is 611. The number of alkyl halides is 6. The molecule has 0 aliphatic carbocycles. The lowest BCUT2D eigenvalue weighted by molar-refractivity contribution is -0.136. The monoisotopic (exact) mass is 337 g/mol. The van der Waals surface area contributed by atoms with E-state index in [1.165, 1.54) is 4.72 Å². The van der Waals surface area contributed by atoms with Crippen LogP contribution in [0.2, 0.25) is 0 Å². The van der Waals surface area contributed by atoms with Gasteiger partial charge in [-0.2, -0.15) is 39.5 Å². The topological polar surface area (TPSA) is 84.2 Å². The first-order valence-electron chi connectivity index (χ1n) is 5.11. The lowest BCUT2D eigenvalue weighted by Gasteiger charge is -2.14. The van der Waals surface area contributed by atoms with Crippen LogP contribution in [0.15, 0.2) is 18.2 Å². The van der Waals surface area contributed by atoms with Crippen LogP contribution in [0.5, 0.6) is 0 Å². The van der Waals surface area contributed by atoms with Crippen LogP contribution in [-0.4, -0.2) is 21.1 Å². The fourth-order valence-electron chi connectivity index (χ4n) is 1.23. The van der Waals surface area contributed by atoms with E-state index in [9.17, 15) is 34.8 Å². The van der Waals surface area contributed by atoms with Crippen molar-refractivity contribution >= 4 is 21.6 Å². The Morgan fingerprint density at radius 1 is 1.10 bits per heavy atom. The largest absolute Gasteiger partial charge is 0.418 e. The predicted octanol–water partition coefficient (Wildman–Crippen LogP) is 2.10. The third-order valence-electron chi connectivity index (χ3n) is 2.07. The van der Waals surface area contributed by atoms with E-state index in [-0.39, 0.29) is 0 Å². The van der Waals surface area contributed by atoms with E-state index >= 15 is 0 Å². The quantitative estimate of drug-likeness (QED) is 0.581. The number of hydrogen-bond donors (Lipinski definition) is 3. The Morgan fingerprint density at radius 3 is 2.14 bits per heavy atom. The highest BCUT2D eigenvalue weighted by molar-refractivity contribution is 7.90. The van der Waals surface area contributed by atoms with Gasteiger partial charge in [-0.15, -0.1) is 0 Å². The molecule has 120 valence electrons. The number of halogens is 6. The van der Waals surface area contributed by atoms with Crippen molar-refractivity contribution in [3.05, 3.63) is 23.8 Å². The third kappa shape index (κ3) is 5.67. The highest BCUT2D eigenvalue weighted by Gasteiger charge is 2.34. The third-order valence-corrected chi connectivity index (χ3v) is 3.10. The molecule has 0 fully saturated rings. The molecule has 0 aliphatic heterocycles. The fourth-order valence-corrected chi connectivity index (χ4v) is 2.10. The van der Waals surface area contributed by atoms with Crippen LogP contribution in [0, 0.1) is 0 Å². The van der Waals surface area contributed by atoms with Crippen molar-refractivity contribution in [2.24, 2.45) is 0 Å². The second kappa shape index (κ2) is 5.60. The SMILES string of the molecule is Nc1ccc(NS(=O)(=O)NCC(F)(F)F)cc1C(F)(F)F. The summed E-state index contributed by atoms with van der Waals surface area (Å²) in [4.78, 5) is 0. The number of nitrogen functional groups attached to an aromatic ring is 1. The van der Waals surface area contributed by atoms with Gasteiger partial charge in [0.2, 0.25) is 0 Å². The maximum absolute atomic E-state index is 12.5. The number of rotatable bonds is 4. The first-order chi connectivity index (χ1) is 9.30. The Balaban J connectivity index is 2.93. The molecule has 0 amide bonds. The Kier molecular flexibility index (Phi) is 4.63. The highest BCUT2D eigenvalue weighted by atomic mass is 32.2. The standard InChI is InChI=1S/C9H9F6N3O2S/c10-8(11,12)4-17-21(19,20)18-5-1-2-7(16)6(3-5)9(13,14)15/h1-3,17-18H,4,16H2. The molecule has 0 saturated carbocycles. The summed E-state index contributed by atoms with van der Waals surface area (Å²) < 4.78 is 98.5. The van der Waals surface area contributed by atoms with Crippen LogP contribution in [0.1, 0.15) is 5.56 Å². The van der Waals surface area contributed by atoms with Crippen LogP contribution in [0.4, 0.5) is 37.7 Å². The van der Waals surface area contributed by atoms with E-state index in [2.05, 4.69) is 0 Å². The van der Waals surface area contributed by atoms with Gasteiger partial charge in [-0.1, -0.05) is 0 Å². The molecule has 0 aromatic heterocycles. The maximum Gasteiger partial charge on any atom is 0.418 e. The van der Waals surface area contributed by atoms with Gasteiger partial charge in [0.05, 0.1) is 11.3 Å². The average molecular weight is 337 g/mol. The zero-order chi connectivity index (χ0) is 16.5. The number of benzene rings is 1. The van der Waals surface area contributed by atoms with Gasteiger partial charge in [0.15, 0.2) is 0 Å². The molecule has 0 heterocycles. The Labute approximate surface area is 115 Å². The van der Waals surface area contributed by atoms with Gasteiger partial charge in [-0.3, -0.25) is 4.72 Å². The zero-order valence-corrected chi connectivity index (χ0v) is 10.8. The molecule has 21 heavy (non-hydrogen) atoms. The molecule has 0 unspecified atom stereocenters. The summed E-state index contributed by atoms with van der Waals surface area (Å²) in [6.45, 7) is -1.86. The van der Waals surface area contributed by atoms with E-state index < -0.39 is 46.0 Å². The van der Waals surface area contributed by atoms with Gasteiger partial charge in [0.1, 0.15) is 6.54 Å². The van der Waals surface area contributed by atoms with Gasteiger partial charge < -0.3 is 5.73 Å². The fraction of sp³-hybridized carbons (Fsp3) is 0.333. The predicted molar refractivity (Wildman–Crippen MR) is 62.5 cm³/mol. The molecule has 4 N–H and O–H groups in total. The minimum Gasteiger partial charge on any atom is -0.398 e. The molecule has 0 radical (unpaired) electrons. The number of anilines is 2. The van der Waals surface area contributed by atoms with Crippen molar-refractivity contribution < 1.29 is 34.8 Å². The van der Waals surface area contributed by atoms with Gasteiger partial charge >= 0.3 is 12.4 Å². The van der Waals surface area contributed by atoms with Gasteiger partial charge in [0.25, 0.3) is 10.2 Å². The van der Waals surface area contributed by atoms with Gasteiger partial charge in [-0.25, -0.2) is 0 Å². The summed E-state index contributed by atoms with van der Waals surface area (Å²) in [5.41, 5.74) is 2.56. The molecule has 1 rings (SSSR count). The molecular formula is C9H9F6N3O2S. The molecule has 12 heteroatoms. The number of hydrogen-bond acceptors (Lipinski definition) is 3. The molecule has 1 aromatic carbocycles. The van der Waals surface area contributed by atoms with Crippen molar-refractivity contribution in [3.8, 4) is 0 Å². The summed E-state index contributed by atoms with van der Waals surface area (Å²) in [5.74, 6) is 0. The van der Waals surface area contributed by atoms with Crippen LogP contribution >= 0.6 is 0 Å². The smallest absolute Gasteiger partial charge is 0.398 e. The minimum absolute atomic E-state index is 0.377. The Morgan fingerprint density at radius 2 is 1.67 bits per heavy atom. The van der Waals surface area contributed by atoms with Crippen LogP contribution in [0.25, 0.3) is 0 Å². The zero-order valence-electron chi connectivity index (χ0n) is 10.0. The molecule has 0 bridgehead atoms. The highest BCUT2D eigenvalue weighted by Crippen LogP contribution is 2.35. The van der Waals surface area contributed by atoms with E-state index in [0.717, 1.165) is 16.9 Å². The molecule has 0 saturated heterocycles. The van der Waals surface area contributed by atoms with Crippen molar-refractivity contribution in [3.63, 3.8) is 0 Å². The maximum atomic E-state index is 12.5. The molecule has 5 nitrogen and oxygen atoms in total. The molecule has 0 aliphatic rings. The van der Waals surface area contributed by atoms with Crippen LogP contribution in [0.3, 0.4) is 0 Å². The summed E-state index contributed by atoms with van der Waals surface area (Å²) in [5, 5.41) is 0. The molecule has 0 spiro atoms. The van der Waals surface area contributed by atoms with Crippen molar-refractivity contribution in [1.82, 2.24) is 4.72 Å². The summed E-state index contributed by atoms with van der Waals surface area (Å²) in [7, 11) is -4.67. The van der Waals surface area contributed by atoms with Crippen LogP contribution in [-0.2, 0) is 16.4 Å². The normalized spacial score (nSPS) is 13.2. The first-order valence-corrected chi connectivity index (χ1v) is 6.59. The van der Waals surface area contributed by atoms with Crippen molar-refractivity contribution in [2.45, 2.75) is 12.4 Å². The lowest BCUT2D eigenvalue weighted by Crippen LogP contribution is -2.37. The van der Waals surface area contributed by atoms with E-state index in [4.69, 9.17) is 5.73 Å². The van der Waals surface area contributed by atoms with Crippen molar-refractivity contribution in [1.29, 1.82) is 0 Å². The second-order valence-electron chi connectivity index (χ2n) is 3.84. The summed E-state index contributed by atoms with van der Waals surface area (Å²) in [6, 6.07) is 2.05. The van der Waals surface area contributed by atoms with E-state index in [1.807, 2.05) is 0 Å². The van der Waals surface area contributed by atoms with Crippen LogP contribution < -0.4 is 15.2 Å². The lowest BCUT2D eigenvalue weighted by atomic mass is 10.1. The summed E-state index contributed by atoms with van der Waals surface area (Å²) >= 11 is 0. The Hall–Kier alpha value is -1.69. The molecule has 1 aromatic rings. The number of nitrogens with one attached hydrogen (secondary N) is 2. The van der Waals surface area contributed by atoms with Gasteiger partial charge in [-0.05, 0) is 18.2 Å². The first kappa shape index (κ1) is 17.4. The molecular weight excluding hydrogens is 328 g/mol. The second-order valence-corrected chi connectivity index (χ2v) is 5.34. The number of nitrogens with two attached hydrogens (primary N) is 1. The summed E-state index contributed by atoms with van der Waals surface area (Å²) in [6.07, 6.45) is -9.63. The molecule has 0 atom stereocenters. The average Bonchev–Trinajstić information content (AvgIpc) is 2.27. The van der Waals surface area contributed by atoms with Crippen molar-refractivity contribution in [2.75, 3.05) is 17.0 Å². The van der Waals surface area contributed by atoms with Gasteiger partial charge in [0, 0.05) is 5.69 Å².